The molecule has 0 spiro atoms. The first-order valence-corrected chi connectivity index (χ1v) is 8.99. The number of hydrogen-bond acceptors (Lipinski definition) is 6. The number of hydrogen-bond donors (Lipinski definition) is 1. The van der Waals surface area contributed by atoms with Crippen molar-refractivity contribution in [2.75, 3.05) is 32.1 Å². The Hall–Kier alpha value is -1.99. The van der Waals surface area contributed by atoms with Gasteiger partial charge in [-0.1, -0.05) is 13.8 Å². The predicted octanol–water partition coefficient (Wildman–Crippen LogP) is 2.38. The molecule has 0 fully saturated rings. The van der Waals surface area contributed by atoms with Crippen molar-refractivity contribution in [3.63, 3.8) is 0 Å². The van der Waals surface area contributed by atoms with Crippen molar-refractivity contribution in [3.05, 3.63) is 40.0 Å². The topological polar surface area (TPSA) is 61.4 Å². The lowest BCUT2D eigenvalue weighted by atomic mass is 10.2. The summed E-state index contributed by atoms with van der Waals surface area (Å²) in [7, 11) is 3.75. The highest BCUT2D eigenvalue weighted by Crippen LogP contribution is 2.15. The normalized spacial score (nSPS) is 10.9. The average molecular weight is 347 g/mol. The molecule has 0 bridgehead atoms. The molecule has 2 aromatic heterocycles. The van der Waals surface area contributed by atoms with Gasteiger partial charge in [-0.3, -0.25) is 9.69 Å². The highest BCUT2D eigenvalue weighted by atomic mass is 32.1. The van der Waals surface area contributed by atoms with Crippen molar-refractivity contribution in [1.29, 1.82) is 0 Å². The van der Waals surface area contributed by atoms with E-state index in [4.69, 9.17) is 0 Å². The molecule has 1 N–H and O–H groups in total. The maximum Gasteiger partial charge on any atom is 0.255 e. The van der Waals surface area contributed by atoms with E-state index in [0.29, 0.717) is 17.9 Å². The second-order valence-electron chi connectivity index (χ2n) is 5.65. The molecule has 0 unspecified atom stereocenters. The van der Waals surface area contributed by atoms with E-state index in [1.165, 1.54) is 0 Å². The van der Waals surface area contributed by atoms with E-state index in [1.807, 2.05) is 19.0 Å². The third kappa shape index (κ3) is 4.75. The van der Waals surface area contributed by atoms with Crippen molar-refractivity contribution in [1.82, 2.24) is 20.2 Å². The van der Waals surface area contributed by atoms with Gasteiger partial charge in [-0.15, -0.1) is 11.3 Å². The Morgan fingerprint density at radius 2 is 2.04 bits per heavy atom. The van der Waals surface area contributed by atoms with Crippen LogP contribution in [0.2, 0.25) is 0 Å². The highest BCUT2D eigenvalue weighted by Gasteiger charge is 2.14. The molecule has 0 aliphatic carbocycles. The van der Waals surface area contributed by atoms with Crippen LogP contribution in [0.4, 0.5) is 5.82 Å². The molecule has 130 valence electrons. The Balaban J connectivity index is 1.96. The number of amides is 1. The fourth-order valence-corrected chi connectivity index (χ4v) is 3.09. The minimum atomic E-state index is -0.132. The number of aromatic nitrogens is 2. The van der Waals surface area contributed by atoms with Crippen LogP contribution in [0.3, 0.4) is 0 Å². The SMILES string of the molecule is CCN(CC)Cc1csc(CNC(=O)c2cccnc2N(C)C)n1. The van der Waals surface area contributed by atoms with Gasteiger partial charge in [0.2, 0.25) is 0 Å². The maximum atomic E-state index is 12.4. The van der Waals surface area contributed by atoms with Crippen molar-refractivity contribution in [3.8, 4) is 0 Å². The summed E-state index contributed by atoms with van der Waals surface area (Å²) in [6.07, 6.45) is 1.69. The van der Waals surface area contributed by atoms with Crippen LogP contribution in [-0.4, -0.2) is 48.0 Å². The molecule has 1 amide bonds. The lowest BCUT2D eigenvalue weighted by Gasteiger charge is -2.16. The van der Waals surface area contributed by atoms with Gasteiger partial charge in [-0.25, -0.2) is 9.97 Å². The number of thiazole rings is 1. The Bertz CT molecular complexity index is 667. The highest BCUT2D eigenvalue weighted by molar-refractivity contribution is 7.09. The van der Waals surface area contributed by atoms with Crippen LogP contribution in [-0.2, 0) is 13.1 Å². The minimum absolute atomic E-state index is 0.132. The minimum Gasteiger partial charge on any atom is -0.362 e. The number of anilines is 1. The number of nitrogens with one attached hydrogen (secondary N) is 1. The van der Waals surface area contributed by atoms with Crippen molar-refractivity contribution >= 4 is 23.1 Å². The van der Waals surface area contributed by atoms with E-state index in [-0.39, 0.29) is 5.91 Å². The molecule has 2 rings (SSSR count). The lowest BCUT2D eigenvalue weighted by Crippen LogP contribution is -2.26. The smallest absolute Gasteiger partial charge is 0.255 e. The van der Waals surface area contributed by atoms with Gasteiger partial charge in [-0.2, -0.15) is 0 Å². The molecule has 0 atom stereocenters. The fourth-order valence-electron chi connectivity index (χ4n) is 2.36. The van der Waals surface area contributed by atoms with E-state index in [9.17, 15) is 4.79 Å². The second kappa shape index (κ2) is 8.75. The summed E-state index contributed by atoms with van der Waals surface area (Å²) in [5, 5.41) is 5.92. The number of carbonyl (C=O) groups excluding carboxylic acids is 1. The Kier molecular flexibility index (Phi) is 6.69. The summed E-state index contributed by atoms with van der Waals surface area (Å²) in [6.45, 7) is 7.59. The lowest BCUT2D eigenvalue weighted by molar-refractivity contribution is 0.0951. The van der Waals surface area contributed by atoms with Gasteiger partial charge in [0.25, 0.3) is 5.91 Å². The second-order valence-corrected chi connectivity index (χ2v) is 6.59. The van der Waals surface area contributed by atoms with E-state index in [2.05, 4.69) is 39.4 Å². The zero-order chi connectivity index (χ0) is 17.5. The molecular formula is C17H25N5OS. The third-order valence-corrected chi connectivity index (χ3v) is 4.63. The summed E-state index contributed by atoms with van der Waals surface area (Å²) >= 11 is 1.58. The van der Waals surface area contributed by atoms with Gasteiger partial charge in [-0.05, 0) is 25.2 Å². The van der Waals surface area contributed by atoms with Crippen molar-refractivity contribution in [2.24, 2.45) is 0 Å². The van der Waals surface area contributed by atoms with E-state index < -0.39 is 0 Å². The predicted molar refractivity (Wildman–Crippen MR) is 98.5 cm³/mol. The molecule has 0 radical (unpaired) electrons. The van der Waals surface area contributed by atoms with Gasteiger partial charge in [0.05, 0.1) is 17.8 Å². The molecule has 2 heterocycles. The largest absolute Gasteiger partial charge is 0.362 e. The molecule has 2 aromatic rings. The molecule has 0 aliphatic heterocycles. The molecular weight excluding hydrogens is 322 g/mol. The molecule has 0 aromatic carbocycles. The number of rotatable bonds is 8. The zero-order valence-electron chi connectivity index (χ0n) is 14.7. The number of nitrogens with zero attached hydrogens (tertiary/aromatic N) is 4. The molecule has 24 heavy (non-hydrogen) atoms. The summed E-state index contributed by atoms with van der Waals surface area (Å²) in [6, 6.07) is 3.55. The molecule has 0 saturated heterocycles. The summed E-state index contributed by atoms with van der Waals surface area (Å²) < 4.78 is 0. The van der Waals surface area contributed by atoms with Crippen LogP contribution >= 0.6 is 11.3 Å². The van der Waals surface area contributed by atoms with Crippen LogP contribution in [0.1, 0.15) is 34.9 Å². The van der Waals surface area contributed by atoms with Crippen LogP contribution in [0.25, 0.3) is 0 Å². The van der Waals surface area contributed by atoms with Gasteiger partial charge in [0.1, 0.15) is 10.8 Å². The average Bonchev–Trinajstić information content (AvgIpc) is 3.05. The molecule has 0 saturated carbocycles. The van der Waals surface area contributed by atoms with Gasteiger partial charge in [0.15, 0.2) is 0 Å². The van der Waals surface area contributed by atoms with E-state index in [0.717, 1.165) is 30.3 Å². The third-order valence-electron chi connectivity index (χ3n) is 3.73. The van der Waals surface area contributed by atoms with Gasteiger partial charge >= 0.3 is 0 Å². The fraction of sp³-hybridized carbons (Fsp3) is 0.471. The summed E-state index contributed by atoms with van der Waals surface area (Å²) in [4.78, 5) is 25.4. The molecule has 7 heteroatoms. The Labute approximate surface area is 147 Å². The van der Waals surface area contributed by atoms with Gasteiger partial charge in [0, 0.05) is 32.2 Å². The maximum absolute atomic E-state index is 12.4. The first kappa shape index (κ1) is 18.4. The van der Waals surface area contributed by atoms with Gasteiger partial charge < -0.3 is 10.2 Å². The number of pyridine rings is 1. The van der Waals surface area contributed by atoms with Crippen molar-refractivity contribution in [2.45, 2.75) is 26.9 Å². The van der Waals surface area contributed by atoms with Crippen LogP contribution in [0.15, 0.2) is 23.7 Å². The van der Waals surface area contributed by atoms with E-state index >= 15 is 0 Å². The standard InChI is InChI=1S/C17H25N5OS/c1-5-22(6-2)11-13-12-24-15(20-13)10-19-17(23)14-8-7-9-18-16(14)21(3)4/h7-9,12H,5-6,10-11H2,1-4H3,(H,19,23). The zero-order valence-corrected chi connectivity index (χ0v) is 15.6. The Morgan fingerprint density at radius 3 is 2.71 bits per heavy atom. The Morgan fingerprint density at radius 1 is 1.29 bits per heavy atom. The first-order valence-electron chi connectivity index (χ1n) is 8.11. The quantitative estimate of drug-likeness (QED) is 0.794. The van der Waals surface area contributed by atoms with Crippen LogP contribution in [0.5, 0.6) is 0 Å². The number of carbonyl (C=O) groups is 1. The molecule has 6 nitrogen and oxygen atoms in total. The van der Waals surface area contributed by atoms with Crippen molar-refractivity contribution < 1.29 is 4.79 Å². The van der Waals surface area contributed by atoms with Crippen LogP contribution in [0, 0.1) is 0 Å². The summed E-state index contributed by atoms with van der Waals surface area (Å²) in [5.74, 6) is 0.531. The first-order chi connectivity index (χ1) is 11.5. The van der Waals surface area contributed by atoms with E-state index in [1.54, 1.807) is 29.7 Å². The monoisotopic (exact) mass is 347 g/mol. The molecule has 0 aliphatic rings. The summed E-state index contributed by atoms with van der Waals surface area (Å²) in [5.41, 5.74) is 1.63. The van der Waals surface area contributed by atoms with Crippen LogP contribution < -0.4 is 10.2 Å².